The van der Waals surface area contributed by atoms with Crippen molar-refractivity contribution in [3.63, 3.8) is 0 Å². The van der Waals surface area contributed by atoms with E-state index in [-0.39, 0.29) is 24.6 Å². The molecule has 2 aliphatic carbocycles. The molecule has 1 atom stereocenters. The van der Waals surface area contributed by atoms with Crippen LogP contribution in [0.25, 0.3) is 0 Å². The molecule has 2 nitrogen and oxygen atoms in total. The lowest BCUT2D eigenvalue weighted by molar-refractivity contribution is -0.139. The first-order valence-corrected chi connectivity index (χ1v) is 10.0. The predicted molar refractivity (Wildman–Crippen MR) is 98.1 cm³/mol. The fourth-order valence-corrected chi connectivity index (χ4v) is 4.31. The molecule has 27 heavy (non-hydrogen) atoms. The molecule has 1 aromatic carbocycles. The first-order valence-electron chi connectivity index (χ1n) is 10.0. The van der Waals surface area contributed by atoms with Crippen molar-refractivity contribution in [1.82, 2.24) is 0 Å². The standard InChI is InChI=1S/C22H27F3O2/c1-2-3-14-4-6-15(7-5-14)17-12-19(24)21(20(25)13-17)27-22(26)16-8-10-18(23)11-9-16/h10,12-16H,2-9,11H2,1H3. The van der Waals surface area contributed by atoms with E-state index in [1.807, 2.05) is 0 Å². The Kier molecular flexibility index (Phi) is 6.61. The van der Waals surface area contributed by atoms with Gasteiger partial charge in [0.15, 0.2) is 11.6 Å². The number of esters is 1. The third kappa shape index (κ3) is 4.94. The third-order valence-corrected chi connectivity index (χ3v) is 5.93. The Labute approximate surface area is 158 Å². The fraction of sp³-hybridized carbons (Fsp3) is 0.591. The van der Waals surface area contributed by atoms with Crippen LogP contribution >= 0.6 is 0 Å². The average Bonchev–Trinajstić information content (AvgIpc) is 2.66. The number of allylic oxidation sites excluding steroid dienone is 2. The minimum absolute atomic E-state index is 0.151. The number of hydrogen-bond acceptors (Lipinski definition) is 2. The van der Waals surface area contributed by atoms with Crippen molar-refractivity contribution in [2.75, 3.05) is 0 Å². The van der Waals surface area contributed by atoms with Gasteiger partial charge in [-0.2, -0.15) is 0 Å². The van der Waals surface area contributed by atoms with Crippen LogP contribution in [0.4, 0.5) is 13.2 Å². The van der Waals surface area contributed by atoms with Gasteiger partial charge in [-0.15, -0.1) is 0 Å². The Hall–Kier alpha value is -1.78. The summed E-state index contributed by atoms with van der Waals surface area (Å²) in [5.74, 6) is -2.97. The van der Waals surface area contributed by atoms with Crippen molar-refractivity contribution in [2.45, 2.75) is 70.6 Å². The largest absolute Gasteiger partial charge is 0.420 e. The molecule has 5 heteroatoms. The first-order chi connectivity index (χ1) is 13.0. The molecule has 0 aromatic heterocycles. The Bertz CT molecular complexity index is 683. The van der Waals surface area contributed by atoms with Gasteiger partial charge in [-0.3, -0.25) is 4.79 Å². The van der Waals surface area contributed by atoms with Gasteiger partial charge in [0.2, 0.25) is 5.75 Å². The van der Waals surface area contributed by atoms with Crippen LogP contribution in [0, 0.1) is 23.5 Å². The topological polar surface area (TPSA) is 26.3 Å². The lowest BCUT2D eigenvalue weighted by Crippen LogP contribution is -2.23. The van der Waals surface area contributed by atoms with E-state index in [0.717, 1.165) is 31.6 Å². The van der Waals surface area contributed by atoms with Crippen molar-refractivity contribution in [3.8, 4) is 5.75 Å². The van der Waals surface area contributed by atoms with Crippen molar-refractivity contribution < 1.29 is 22.7 Å². The molecule has 1 fully saturated rings. The summed E-state index contributed by atoms with van der Waals surface area (Å²) in [5, 5.41) is 0. The van der Waals surface area contributed by atoms with E-state index in [2.05, 4.69) is 6.92 Å². The van der Waals surface area contributed by atoms with Crippen LogP contribution < -0.4 is 4.74 Å². The Balaban J connectivity index is 1.66. The maximum Gasteiger partial charge on any atom is 0.314 e. The zero-order chi connectivity index (χ0) is 19.4. The van der Waals surface area contributed by atoms with E-state index in [1.54, 1.807) is 0 Å². The van der Waals surface area contributed by atoms with Crippen molar-refractivity contribution in [2.24, 2.45) is 11.8 Å². The molecular weight excluding hydrogens is 353 g/mol. The summed E-state index contributed by atoms with van der Waals surface area (Å²) in [4.78, 5) is 12.2. The summed E-state index contributed by atoms with van der Waals surface area (Å²) in [6.07, 6.45) is 8.41. The number of hydrogen-bond donors (Lipinski definition) is 0. The van der Waals surface area contributed by atoms with Crippen LogP contribution in [-0.2, 0) is 4.79 Å². The quantitative estimate of drug-likeness (QED) is 0.425. The van der Waals surface area contributed by atoms with E-state index in [0.29, 0.717) is 12.0 Å². The number of halogens is 3. The van der Waals surface area contributed by atoms with E-state index in [4.69, 9.17) is 4.74 Å². The van der Waals surface area contributed by atoms with Gasteiger partial charge in [-0.05, 0) is 74.5 Å². The molecule has 0 bridgehead atoms. The molecular formula is C22H27F3O2. The van der Waals surface area contributed by atoms with Crippen molar-refractivity contribution in [1.29, 1.82) is 0 Å². The van der Waals surface area contributed by atoms with Gasteiger partial charge in [-0.25, -0.2) is 13.2 Å². The molecule has 1 unspecified atom stereocenters. The van der Waals surface area contributed by atoms with Crippen LogP contribution in [-0.4, -0.2) is 5.97 Å². The molecule has 0 spiro atoms. The van der Waals surface area contributed by atoms with Crippen LogP contribution in [0.15, 0.2) is 24.0 Å². The molecule has 3 rings (SSSR count). The van der Waals surface area contributed by atoms with Crippen molar-refractivity contribution in [3.05, 3.63) is 41.2 Å². The van der Waals surface area contributed by atoms with Gasteiger partial charge in [0.1, 0.15) is 0 Å². The number of carbonyl (C=O) groups excluding carboxylic acids is 1. The lowest BCUT2D eigenvalue weighted by atomic mass is 9.77. The molecule has 2 aliphatic rings. The van der Waals surface area contributed by atoms with E-state index < -0.39 is 29.3 Å². The minimum atomic E-state index is -0.841. The first kappa shape index (κ1) is 20.0. The molecule has 0 heterocycles. The van der Waals surface area contributed by atoms with Gasteiger partial charge in [-0.1, -0.05) is 25.8 Å². The van der Waals surface area contributed by atoms with E-state index in [9.17, 15) is 18.0 Å². The highest BCUT2D eigenvalue weighted by Crippen LogP contribution is 2.39. The Morgan fingerprint density at radius 2 is 1.74 bits per heavy atom. The number of carbonyl (C=O) groups is 1. The summed E-state index contributed by atoms with van der Waals surface area (Å²) in [7, 11) is 0. The second-order valence-corrected chi connectivity index (χ2v) is 7.86. The second kappa shape index (κ2) is 8.94. The third-order valence-electron chi connectivity index (χ3n) is 5.93. The molecule has 0 amide bonds. The van der Waals surface area contributed by atoms with Crippen molar-refractivity contribution >= 4 is 5.97 Å². The SMILES string of the molecule is CCCC1CCC(c2cc(F)c(OC(=O)C3CC=C(F)CC3)c(F)c2)CC1. The van der Waals surface area contributed by atoms with E-state index in [1.165, 1.54) is 31.1 Å². The maximum atomic E-state index is 14.5. The van der Waals surface area contributed by atoms with Crippen LogP contribution in [0.2, 0.25) is 0 Å². The van der Waals surface area contributed by atoms with E-state index >= 15 is 0 Å². The molecule has 0 aliphatic heterocycles. The zero-order valence-corrected chi connectivity index (χ0v) is 15.8. The average molecular weight is 380 g/mol. The van der Waals surface area contributed by atoms with Gasteiger partial charge in [0, 0.05) is 0 Å². The number of rotatable bonds is 5. The number of benzene rings is 1. The summed E-state index contributed by atoms with van der Waals surface area (Å²) in [5.41, 5.74) is 0.641. The molecule has 148 valence electrons. The lowest BCUT2D eigenvalue weighted by Gasteiger charge is -2.28. The highest BCUT2D eigenvalue weighted by Gasteiger charge is 2.28. The van der Waals surface area contributed by atoms with Gasteiger partial charge < -0.3 is 4.74 Å². The maximum absolute atomic E-state index is 14.5. The Morgan fingerprint density at radius 3 is 2.30 bits per heavy atom. The summed E-state index contributed by atoms with van der Waals surface area (Å²) >= 11 is 0. The molecule has 0 N–H and O–H groups in total. The fourth-order valence-electron chi connectivity index (χ4n) is 4.31. The minimum Gasteiger partial charge on any atom is -0.420 e. The zero-order valence-electron chi connectivity index (χ0n) is 15.8. The van der Waals surface area contributed by atoms with Crippen LogP contribution in [0.3, 0.4) is 0 Å². The molecule has 0 saturated heterocycles. The van der Waals surface area contributed by atoms with Gasteiger partial charge in [0.05, 0.1) is 11.7 Å². The van der Waals surface area contributed by atoms with Gasteiger partial charge >= 0.3 is 5.97 Å². The Morgan fingerprint density at radius 1 is 1.07 bits per heavy atom. The molecule has 0 radical (unpaired) electrons. The summed E-state index contributed by atoms with van der Waals surface area (Å²) < 4.78 is 47.0. The highest BCUT2D eigenvalue weighted by molar-refractivity contribution is 5.75. The monoisotopic (exact) mass is 380 g/mol. The molecule has 1 saturated carbocycles. The number of ether oxygens (including phenoxy) is 1. The predicted octanol–water partition coefficient (Wildman–Crippen LogP) is 6.60. The van der Waals surface area contributed by atoms with Crippen LogP contribution in [0.5, 0.6) is 5.75 Å². The molecule has 1 aromatic rings. The summed E-state index contributed by atoms with van der Waals surface area (Å²) in [6, 6.07) is 2.61. The van der Waals surface area contributed by atoms with Gasteiger partial charge in [0.25, 0.3) is 0 Å². The second-order valence-electron chi connectivity index (χ2n) is 7.86. The summed E-state index contributed by atoms with van der Waals surface area (Å²) in [6.45, 7) is 2.18. The normalized spacial score (nSPS) is 25.8. The smallest absolute Gasteiger partial charge is 0.314 e. The van der Waals surface area contributed by atoms with Crippen LogP contribution in [0.1, 0.15) is 76.2 Å². The highest BCUT2D eigenvalue weighted by atomic mass is 19.1.